The Kier molecular flexibility index (Phi) is 3.97. The summed E-state index contributed by atoms with van der Waals surface area (Å²) in [7, 11) is 0. The molecule has 0 aromatic heterocycles. The van der Waals surface area contributed by atoms with Crippen molar-refractivity contribution in [3.05, 3.63) is 0 Å². The number of fused-ring (bicyclic) bond motifs is 1. The average Bonchev–Trinajstić information content (AvgIpc) is 2.73. The lowest BCUT2D eigenvalue weighted by Gasteiger charge is -2.40. The van der Waals surface area contributed by atoms with Gasteiger partial charge in [-0.05, 0) is 47.0 Å². The first-order valence-corrected chi connectivity index (χ1v) is 6.99. The zero-order valence-corrected chi connectivity index (χ0v) is 11.9. The first kappa shape index (κ1) is 13.8. The zero-order chi connectivity index (χ0) is 13.3. The van der Waals surface area contributed by atoms with Gasteiger partial charge in [0.15, 0.2) is 0 Å². The minimum atomic E-state index is -0.410. The Balaban J connectivity index is 1.99. The number of esters is 1. The smallest absolute Gasteiger partial charge is 0.323 e. The topological polar surface area (TPSA) is 38.8 Å². The van der Waals surface area contributed by atoms with Gasteiger partial charge in [0.25, 0.3) is 0 Å². The van der Waals surface area contributed by atoms with Gasteiger partial charge in [-0.15, -0.1) is 0 Å². The fraction of sp³-hybridized carbons (Fsp3) is 0.929. The molecule has 0 bridgehead atoms. The molecule has 104 valence electrons. The van der Waals surface area contributed by atoms with Gasteiger partial charge in [0, 0.05) is 12.6 Å². The Morgan fingerprint density at radius 1 is 1.39 bits per heavy atom. The Morgan fingerprint density at radius 2 is 2.11 bits per heavy atom. The van der Waals surface area contributed by atoms with Crippen molar-refractivity contribution in [3.63, 3.8) is 0 Å². The highest BCUT2D eigenvalue weighted by Crippen LogP contribution is 2.31. The summed E-state index contributed by atoms with van der Waals surface area (Å²) in [5.74, 6) is -0.116. The van der Waals surface area contributed by atoms with E-state index in [2.05, 4.69) is 4.90 Å². The standard InChI is InChI=1S/C14H25NO3/c1-10(13(16)18-14(2,3)4)15-8-9-17-12-7-5-6-11(12)15/h10-12H,5-9H2,1-4H3. The molecule has 0 spiro atoms. The highest BCUT2D eigenvalue weighted by Gasteiger charge is 2.40. The molecule has 1 heterocycles. The molecule has 1 aliphatic heterocycles. The highest BCUT2D eigenvalue weighted by atomic mass is 16.6. The van der Waals surface area contributed by atoms with E-state index in [1.54, 1.807) is 0 Å². The number of hydrogen-bond donors (Lipinski definition) is 0. The number of hydrogen-bond acceptors (Lipinski definition) is 4. The van der Waals surface area contributed by atoms with Crippen molar-refractivity contribution in [2.24, 2.45) is 0 Å². The van der Waals surface area contributed by atoms with Crippen LogP contribution in [0.15, 0.2) is 0 Å². The maximum absolute atomic E-state index is 12.1. The Morgan fingerprint density at radius 3 is 2.78 bits per heavy atom. The van der Waals surface area contributed by atoms with Gasteiger partial charge in [0.2, 0.25) is 0 Å². The first-order chi connectivity index (χ1) is 8.38. The predicted molar refractivity (Wildman–Crippen MR) is 69.4 cm³/mol. The van der Waals surface area contributed by atoms with Crippen LogP contribution < -0.4 is 0 Å². The highest BCUT2D eigenvalue weighted by molar-refractivity contribution is 5.75. The fourth-order valence-electron chi connectivity index (χ4n) is 2.96. The van der Waals surface area contributed by atoms with E-state index in [0.717, 1.165) is 26.0 Å². The Hall–Kier alpha value is -0.610. The third-order valence-electron chi connectivity index (χ3n) is 3.77. The molecule has 3 atom stereocenters. The molecule has 2 aliphatic rings. The van der Waals surface area contributed by atoms with Gasteiger partial charge in [-0.25, -0.2) is 0 Å². The molecule has 4 nitrogen and oxygen atoms in total. The van der Waals surface area contributed by atoms with Crippen molar-refractivity contribution in [1.29, 1.82) is 0 Å². The molecule has 1 saturated heterocycles. The summed E-state index contributed by atoms with van der Waals surface area (Å²) >= 11 is 0. The maximum atomic E-state index is 12.1. The number of ether oxygens (including phenoxy) is 2. The molecular formula is C14H25NO3. The second kappa shape index (κ2) is 5.17. The summed E-state index contributed by atoms with van der Waals surface area (Å²) in [6, 6.07) is 0.236. The van der Waals surface area contributed by atoms with Crippen LogP contribution in [-0.2, 0) is 14.3 Å². The zero-order valence-electron chi connectivity index (χ0n) is 11.9. The van der Waals surface area contributed by atoms with Gasteiger partial charge in [0.1, 0.15) is 11.6 Å². The minimum Gasteiger partial charge on any atom is -0.459 e. The molecule has 0 amide bonds. The van der Waals surface area contributed by atoms with E-state index in [0.29, 0.717) is 12.1 Å². The van der Waals surface area contributed by atoms with Crippen molar-refractivity contribution in [3.8, 4) is 0 Å². The van der Waals surface area contributed by atoms with Crippen molar-refractivity contribution >= 4 is 5.97 Å². The Bertz CT molecular complexity index is 311. The van der Waals surface area contributed by atoms with Crippen LogP contribution in [0, 0.1) is 0 Å². The van der Waals surface area contributed by atoms with Crippen LogP contribution in [0.5, 0.6) is 0 Å². The monoisotopic (exact) mass is 255 g/mol. The van der Waals surface area contributed by atoms with Gasteiger partial charge in [-0.2, -0.15) is 0 Å². The van der Waals surface area contributed by atoms with Crippen LogP contribution in [0.4, 0.5) is 0 Å². The van der Waals surface area contributed by atoms with Crippen LogP contribution in [0.3, 0.4) is 0 Å². The van der Waals surface area contributed by atoms with Crippen molar-refractivity contribution in [2.45, 2.75) is 70.7 Å². The summed E-state index contributed by atoms with van der Waals surface area (Å²) in [5, 5.41) is 0. The number of nitrogens with zero attached hydrogens (tertiary/aromatic N) is 1. The van der Waals surface area contributed by atoms with E-state index >= 15 is 0 Å². The molecule has 4 heteroatoms. The van der Waals surface area contributed by atoms with Crippen LogP contribution in [0.1, 0.15) is 47.0 Å². The van der Waals surface area contributed by atoms with Crippen LogP contribution in [0.25, 0.3) is 0 Å². The molecule has 18 heavy (non-hydrogen) atoms. The normalized spacial score (nSPS) is 30.9. The molecule has 0 aromatic rings. The average molecular weight is 255 g/mol. The summed E-state index contributed by atoms with van der Waals surface area (Å²) < 4.78 is 11.2. The third-order valence-corrected chi connectivity index (χ3v) is 3.77. The first-order valence-electron chi connectivity index (χ1n) is 6.99. The maximum Gasteiger partial charge on any atom is 0.323 e. The summed E-state index contributed by atoms with van der Waals surface area (Å²) in [6.45, 7) is 9.25. The minimum absolute atomic E-state index is 0.116. The molecule has 0 N–H and O–H groups in total. The van der Waals surface area contributed by atoms with E-state index in [1.807, 2.05) is 27.7 Å². The third kappa shape index (κ3) is 3.04. The lowest BCUT2D eigenvalue weighted by Crippen LogP contribution is -2.55. The SMILES string of the molecule is CC(C(=O)OC(C)(C)C)N1CCOC2CCCC21. The van der Waals surface area contributed by atoms with Gasteiger partial charge in [-0.3, -0.25) is 9.69 Å². The fourth-order valence-corrected chi connectivity index (χ4v) is 2.96. The molecule has 2 rings (SSSR count). The number of carbonyl (C=O) groups is 1. The lowest BCUT2D eigenvalue weighted by atomic mass is 10.1. The van der Waals surface area contributed by atoms with E-state index in [-0.39, 0.29) is 12.0 Å². The molecule has 1 aliphatic carbocycles. The molecule has 1 saturated carbocycles. The Labute approximate surface area is 110 Å². The molecule has 3 unspecified atom stereocenters. The predicted octanol–water partition coefficient (Wildman–Crippen LogP) is 1.97. The van der Waals surface area contributed by atoms with Gasteiger partial charge >= 0.3 is 5.97 Å². The van der Waals surface area contributed by atoms with Crippen LogP contribution in [-0.4, -0.2) is 47.8 Å². The van der Waals surface area contributed by atoms with Crippen LogP contribution >= 0.6 is 0 Å². The largest absolute Gasteiger partial charge is 0.459 e. The number of rotatable bonds is 2. The summed E-state index contributed by atoms with van der Waals surface area (Å²) in [5.41, 5.74) is -0.410. The van der Waals surface area contributed by atoms with Crippen molar-refractivity contribution in [2.75, 3.05) is 13.2 Å². The van der Waals surface area contributed by atoms with E-state index in [4.69, 9.17) is 9.47 Å². The second-order valence-electron chi connectivity index (χ2n) is 6.35. The number of morpholine rings is 1. The number of carbonyl (C=O) groups excluding carboxylic acids is 1. The van der Waals surface area contributed by atoms with Gasteiger partial charge in [0.05, 0.1) is 12.7 Å². The van der Waals surface area contributed by atoms with Crippen molar-refractivity contribution < 1.29 is 14.3 Å². The van der Waals surface area contributed by atoms with E-state index < -0.39 is 5.60 Å². The summed E-state index contributed by atoms with van der Waals surface area (Å²) in [4.78, 5) is 14.4. The molecule has 2 fully saturated rings. The van der Waals surface area contributed by atoms with Crippen LogP contribution in [0.2, 0.25) is 0 Å². The quantitative estimate of drug-likeness (QED) is 0.707. The van der Waals surface area contributed by atoms with E-state index in [9.17, 15) is 4.79 Å². The van der Waals surface area contributed by atoms with E-state index in [1.165, 1.54) is 6.42 Å². The summed E-state index contributed by atoms with van der Waals surface area (Å²) in [6.07, 6.45) is 3.79. The second-order valence-corrected chi connectivity index (χ2v) is 6.35. The van der Waals surface area contributed by atoms with Gasteiger partial charge in [-0.1, -0.05) is 0 Å². The molecular weight excluding hydrogens is 230 g/mol. The van der Waals surface area contributed by atoms with Crippen molar-refractivity contribution in [1.82, 2.24) is 4.90 Å². The molecule has 0 radical (unpaired) electrons. The molecule has 0 aromatic carbocycles. The lowest BCUT2D eigenvalue weighted by molar-refractivity contribution is -0.166. The van der Waals surface area contributed by atoms with Gasteiger partial charge < -0.3 is 9.47 Å².